The molecule has 0 amide bonds. The molecule has 0 spiro atoms. The van der Waals surface area contributed by atoms with Crippen molar-refractivity contribution in [1.29, 1.82) is 0 Å². The van der Waals surface area contributed by atoms with Gasteiger partial charge in [-0.2, -0.15) is 16.8 Å². The Bertz CT molecular complexity index is 2470. The Labute approximate surface area is 283 Å². The van der Waals surface area contributed by atoms with Crippen LogP contribution in [0.2, 0.25) is 0 Å². The zero-order valence-corrected chi connectivity index (χ0v) is 27.7. The van der Waals surface area contributed by atoms with E-state index in [2.05, 4.69) is 30.7 Å². The number of aromatic amines is 2. The number of nitrogens with zero attached hydrogens (tertiary/aromatic N) is 6. The predicted molar refractivity (Wildman–Crippen MR) is 182 cm³/mol. The van der Waals surface area contributed by atoms with Crippen molar-refractivity contribution >= 4 is 43.0 Å². The van der Waals surface area contributed by atoms with Crippen LogP contribution in [-0.4, -0.2) is 45.5 Å². The highest BCUT2D eigenvalue weighted by Crippen LogP contribution is 2.35. The van der Waals surface area contributed by atoms with E-state index in [1.807, 2.05) is 0 Å². The highest BCUT2D eigenvalue weighted by molar-refractivity contribution is 7.86. The van der Waals surface area contributed by atoms with Gasteiger partial charge in [0.05, 0.1) is 22.8 Å². The van der Waals surface area contributed by atoms with Crippen molar-refractivity contribution in [3.05, 3.63) is 129 Å². The molecule has 0 saturated carbocycles. The molecule has 0 bridgehead atoms. The van der Waals surface area contributed by atoms with Crippen LogP contribution in [0.25, 0.3) is 22.5 Å². The van der Waals surface area contributed by atoms with Crippen molar-refractivity contribution in [3.63, 3.8) is 0 Å². The Balaban J connectivity index is 1.36. The summed E-state index contributed by atoms with van der Waals surface area (Å²) < 4.78 is 72.2. The molecule has 0 radical (unpaired) electrons. The molecule has 0 unspecified atom stereocenters. The second-order valence-corrected chi connectivity index (χ2v) is 13.6. The van der Waals surface area contributed by atoms with Crippen LogP contribution >= 0.6 is 0 Å². The normalized spacial score (nSPS) is 12.3. The van der Waals surface area contributed by atoms with E-state index in [9.17, 15) is 35.5 Å². The van der Waals surface area contributed by atoms with Gasteiger partial charge in [0.15, 0.2) is 11.4 Å². The van der Waals surface area contributed by atoms with Crippen LogP contribution in [0.4, 0.5) is 22.7 Å². The lowest BCUT2D eigenvalue weighted by atomic mass is 10.0. The number of H-pyrrole nitrogens is 2. The zero-order chi connectivity index (χ0) is 35.8. The lowest BCUT2D eigenvalue weighted by Crippen LogP contribution is -2.13. The maximum Gasteiger partial charge on any atom is 0.299 e. The fourth-order valence-corrected chi connectivity index (χ4v) is 6.30. The first-order chi connectivity index (χ1) is 23.7. The molecule has 0 fully saturated rings. The van der Waals surface area contributed by atoms with Gasteiger partial charge in [0, 0.05) is 0 Å². The van der Waals surface area contributed by atoms with Crippen LogP contribution < -0.4 is 11.1 Å². The lowest BCUT2D eigenvalue weighted by molar-refractivity contribution is 0.481. The van der Waals surface area contributed by atoms with Crippen LogP contribution in [-0.2, 0) is 20.2 Å². The van der Waals surface area contributed by atoms with E-state index in [1.54, 1.807) is 74.5 Å². The SMILES string of the molecule is Cc1[nH]n(-c2ccccc2)c(=O)c1N=Nc1ccc(-c2ccc(N=Nc3c(C)[nH]n(-c4ccccc4)c3=O)c(S(=O)(=O)O)c2)cc1S(=O)(=O)O. The number of benzene rings is 4. The maximum absolute atomic E-state index is 13.0. The summed E-state index contributed by atoms with van der Waals surface area (Å²) in [6, 6.07) is 24.5. The zero-order valence-electron chi connectivity index (χ0n) is 26.1. The van der Waals surface area contributed by atoms with Gasteiger partial charge in [0.25, 0.3) is 31.4 Å². The third kappa shape index (κ3) is 6.76. The second-order valence-electron chi connectivity index (χ2n) is 10.8. The van der Waals surface area contributed by atoms with Crippen LogP contribution in [0, 0.1) is 13.8 Å². The molecule has 2 heterocycles. The summed E-state index contributed by atoms with van der Waals surface area (Å²) in [5.41, 5.74) is 0.0238. The summed E-state index contributed by atoms with van der Waals surface area (Å²) in [5.74, 6) is 0. The molecular formula is C32H26N8O8S2. The standard InChI is InChI=1S/C32H26N8O8S2/c1-19-29(31(41)39(37-19)23-9-5-3-6-10-23)35-33-25-15-13-21(17-27(25)49(43,44)45)22-14-16-26(28(18-22)50(46,47)48)34-36-30-20(2)38-40(32(30)42)24-11-7-4-8-12-24/h3-18,37-38H,1-2H3,(H,43,44,45)(H,46,47,48). The van der Waals surface area contributed by atoms with Crippen molar-refractivity contribution in [3.8, 4) is 22.5 Å². The molecule has 16 nitrogen and oxygen atoms in total. The molecule has 50 heavy (non-hydrogen) atoms. The van der Waals surface area contributed by atoms with Crippen molar-refractivity contribution in [2.75, 3.05) is 0 Å². The molecule has 0 aliphatic heterocycles. The molecule has 4 aromatic carbocycles. The lowest BCUT2D eigenvalue weighted by Gasteiger charge is -2.09. The third-order valence-electron chi connectivity index (χ3n) is 7.43. The average molecular weight is 715 g/mol. The third-order valence-corrected chi connectivity index (χ3v) is 9.20. The van der Waals surface area contributed by atoms with Gasteiger partial charge in [-0.05, 0) is 73.5 Å². The smallest absolute Gasteiger partial charge is 0.293 e. The molecular weight excluding hydrogens is 689 g/mol. The summed E-state index contributed by atoms with van der Waals surface area (Å²) in [4.78, 5) is 24.6. The van der Waals surface area contributed by atoms with Gasteiger partial charge in [-0.15, -0.1) is 20.5 Å². The Morgan fingerprint density at radius 1 is 0.540 bits per heavy atom. The number of rotatable bonds is 9. The van der Waals surface area contributed by atoms with Crippen LogP contribution in [0.3, 0.4) is 0 Å². The first kappa shape index (κ1) is 33.8. The quantitative estimate of drug-likeness (QED) is 0.0984. The molecule has 0 aliphatic rings. The van der Waals surface area contributed by atoms with E-state index < -0.39 is 41.1 Å². The molecule has 0 atom stereocenters. The highest BCUT2D eigenvalue weighted by atomic mass is 32.2. The number of azo groups is 2. The van der Waals surface area contributed by atoms with Crippen molar-refractivity contribution in [2.24, 2.45) is 20.5 Å². The minimum Gasteiger partial charge on any atom is -0.293 e. The fraction of sp³-hybridized carbons (Fsp3) is 0.0625. The topological polar surface area (TPSA) is 234 Å². The Hall–Kier alpha value is -6.08. The summed E-state index contributed by atoms with van der Waals surface area (Å²) in [7, 11) is -9.84. The number of aryl methyl sites for hydroxylation is 2. The highest BCUT2D eigenvalue weighted by Gasteiger charge is 2.22. The van der Waals surface area contributed by atoms with Crippen LogP contribution in [0.5, 0.6) is 0 Å². The van der Waals surface area contributed by atoms with Crippen molar-refractivity contribution < 1.29 is 25.9 Å². The predicted octanol–water partition coefficient (Wildman–Crippen LogP) is 6.25. The molecule has 2 aromatic heterocycles. The molecule has 254 valence electrons. The van der Waals surface area contributed by atoms with Gasteiger partial charge in [-0.3, -0.25) is 28.9 Å². The largest absolute Gasteiger partial charge is 0.299 e. The second kappa shape index (κ2) is 13.1. The summed E-state index contributed by atoms with van der Waals surface area (Å²) >= 11 is 0. The monoisotopic (exact) mass is 714 g/mol. The van der Waals surface area contributed by atoms with Gasteiger partial charge in [0.2, 0.25) is 0 Å². The molecule has 4 N–H and O–H groups in total. The van der Waals surface area contributed by atoms with E-state index >= 15 is 0 Å². The average Bonchev–Trinajstić information content (AvgIpc) is 3.54. The van der Waals surface area contributed by atoms with E-state index in [4.69, 9.17) is 0 Å². The van der Waals surface area contributed by atoms with E-state index in [1.165, 1.54) is 33.6 Å². The molecule has 0 aliphatic carbocycles. The van der Waals surface area contributed by atoms with Gasteiger partial charge >= 0.3 is 0 Å². The number of para-hydroxylation sites is 2. The maximum atomic E-state index is 13.0. The molecule has 6 rings (SSSR count). The van der Waals surface area contributed by atoms with Gasteiger partial charge in [-0.25, -0.2) is 9.36 Å². The summed E-state index contributed by atoms with van der Waals surface area (Å²) in [6.07, 6.45) is 0. The van der Waals surface area contributed by atoms with Gasteiger partial charge in [-0.1, -0.05) is 48.5 Å². The van der Waals surface area contributed by atoms with Gasteiger partial charge in [0.1, 0.15) is 21.2 Å². The first-order valence-electron chi connectivity index (χ1n) is 14.5. The number of hydrogen-bond acceptors (Lipinski definition) is 10. The molecule has 0 saturated heterocycles. The van der Waals surface area contributed by atoms with Crippen molar-refractivity contribution in [2.45, 2.75) is 23.6 Å². The van der Waals surface area contributed by atoms with Crippen LogP contribution in [0.1, 0.15) is 11.4 Å². The Morgan fingerprint density at radius 2 is 0.900 bits per heavy atom. The van der Waals surface area contributed by atoms with Crippen LogP contribution in [0.15, 0.2) is 137 Å². The summed E-state index contributed by atoms with van der Waals surface area (Å²) in [5, 5.41) is 21.5. The fourth-order valence-electron chi connectivity index (χ4n) is 5.00. The van der Waals surface area contributed by atoms with E-state index in [-0.39, 0.29) is 33.9 Å². The molecule has 6 aromatic rings. The Morgan fingerprint density at radius 3 is 1.24 bits per heavy atom. The minimum atomic E-state index is -4.92. The Kier molecular flexibility index (Phi) is 8.85. The number of hydrogen-bond donors (Lipinski definition) is 4. The summed E-state index contributed by atoms with van der Waals surface area (Å²) in [6.45, 7) is 3.16. The molecule has 18 heteroatoms. The van der Waals surface area contributed by atoms with E-state index in [0.29, 0.717) is 22.8 Å². The van der Waals surface area contributed by atoms with Gasteiger partial charge < -0.3 is 0 Å². The van der Waals surface area contributed by atoms with E-state index in [0.717, 1.165) is 12.1 Å². The van der Waals surface area contributed by atoms with Crippen molar-refractivity contribution in [1.82, 2.24) is 19.6 Å². The first-order valence-corrected chi connectivity index (χ1v) is 17.4. The minimum absolute atomic E-state index is 0.0986. The number of aromatic nitrogens is 4. The number of nitrogens with one attached hydrogen (secondary N) is 2.